The number of ether oxygens (including phenoxy) is 2. The first-order chi connectivity index (χ1) is 18.0. The van der Waals surface area contributed by atoms with E-state index in [2.05, 4.69) is 0 Å². The third-order valence-electron chi connectivity index (χ3n) is 6.02. The SMILES string of the molecule is CCOC(=O)c1c(-c2ccccc2)nc2sc(C(=O)c3ccccc3)c(N)c2c1-c1ccc(OC)cc1. The van der Waals surface area contributed by atoms with Crippen molar-refractivity contribution in [1.82, 2.24) is 4.98 Å². The van der Waals surface area contributed by atoms with E-state index in [0.717, 1.165) is 11.1 Å². The number of carbonyl (C=O) groups is 2. The third kappa shape index (κ3) is 4.45. The highest BCUT2D eigenvalue weighted by Crippen LogP contribution is 2.45. The van der Waals surface area contributed by atoms with E-state index in [0.29, 0.717) is 43.2 Å². The summed E-state index contributed by atoms with van der Waals surface area (Å²) in [6.07, 6.45) is 0. The summed E-state index contributed by atoms with van der Waals surface area (Å²) in [4.78, 5) is 32.8. The smallest absolute Gasteiger partial charge is 0.341 e. The summed E-state index contributed by atoms with van der Waals surface area (Å²) in [5, 5.41) is 0.553. The van der Waals surface area contributed by atoms with Crippen molar-refractivity contribution < 1.29 is 19.1 Å². The fourth-order valence-electron chi connectivity index (χ4n) is 4.30. The van der Waals surface area contributed by atoms with Gasteiger partial charge in [-0.15, -0.1) is 11.3 Å². The van der Waals surface area contributed by atoms with E-state index in [1.807, 2.05) is 72.8 Å². The second-order valence-corrected chi connectivity index (χ2v) is 9.24. The topological polar surface area (TPSA) is 91.5 Å². The molecule has 2 N–H and O–H groups in total. The second-order valence-electron chi connectivity index (χ2n) is 8.25. The molecule has 5 rings (SSSR count). The number of nitrogen functional groups attached to an aromatic ring is 1. The molecule has 0 spiro atoms. The summed E-state index contributed by atoms with van der Waals surface area (Å²) in [6.45, 7) is 1.96. The van der Waals surface area contributed by atoms with Gasteiger partial charge in [-0.3, -0.25) is 4.79 Å². The zero-order chi connectivity index (χ0) is 25.9. The molecule has 2 heterocycles. The van der Waals surface area contributed by atoms with Crippen LogP contribution in [0.5, 0.6) is 5.75 Å². The number of esters is 1. The van der Waals surface area contributed by atoms with Gasteiger partial charge in [-0.05, 0) is 24.6 Å². The normalized spacial score (nSPS) is 10.9. The second kappa shape index (κ2) is 10.2. The predicted molar refractivity (Wildman–Crippen MR) is 147 cm³/mol. The van der Waals surface area contributed by atoms with Crippen molar-refractivity contribution in [3.63, 3.8) is 0 Å². The van der Waals surface area contributed by atoms with Gasteiger partial charge in [-0.25, -0.2) is 9.78 Å². The maximum absolute atomic E-state index is 13.5. The lowest BCUT2D eigenvalue weighted by Crippen LogP contribution is -2.11. The minimum absolute atomic E-state index is 0.194. The van der Waals surface area contributed by atoms with Crippen LogP contribution in [0.4, 0.5) is 5.69 Å². The molecular weight excluding hydrogens is 484 g/mol. The Morgan fingerprint density at radius 3 is 2.16 bits per heavy atom. The zero-order valence-corrected chi connectivity index (χ0v) is 21.2. The Balaban J connectivity index is 1.88. The van der Waals surface area contributed by atoms with Crippen LogP contribution in [0.15, 0.2) is 84.9 Å². The van der Waals surface area contributed by atoms with Crippen LogP contribution >= 0.6 is 11.3 Å². The van der Waals surface area contributed by atoms with Crippen molar-refractivity contribution in [3.8, 4) is 28.1 Å². The van der Waals surface area contributed by atoms with Gasteiger partial charge in [0.1, 0.15) is 15.5 Å². The van der Waals surface area contributed by atoms with Gasteiger partial charge in [0.15, 0.2) is 0 Å². The van der Waals surface area contributed by atoms with E-state index in [-0.39, 0.29) is 18.1 Å². The fourth-order valence-corrected chi connectivity index (χ4v) is 5.36. The Labute approximate surface area is 218 Å². The average molecular weight is 509 g/mol. The Morgan fingerprint density at radius 1 is 0.892 bits per heavy atom. The number of benzene rings is 3. The summed E-state index contributed by atoms with van der Waals surface area (Å²) >= 11 is 1.22. The first kappa shape index (κ1) is 24.2. The number of nitrogens with zero attached hydrogens (tertiary/aromatic N) is 1. The molecule has 2 aromatic heterocycles. The van der Waals surface area contributed by atoms with Gasteiger partial charge in [-0.2, -0.15) is 0 Å². The summed E-state index contributed by atoms with van der Waals surface area (Å²) in [5.74, 6) is -0.0305. The van der Waals surface area contributed by atoms with Gasteiger partial charge in [0, 0.05) is 22.1 Å². The van der Waals surface area contributed by atoms with Crippen LogP contribution in [0.2, 0.25) is 0 Å². The maximum Gasteiger partial charge on any atom is 0.341 e. The molecule has 0 aliphatic carbocycles. The molecule has 6 nitrogen and oxygen atoms in total. The molecule has 0 amide bonds. The van der Waals surface area contributed by atoms with Crippen LogP contribution in [-0.2, 0) is 4.74 Å². The number of thiophene rings is 1. The lowest BCUT2D eigenvalue weighted by Gasteiger charge is -2.16. The minimum Gasteiger partial charge on any atom is -0.497 e. The first-order valence-electron chi connectivity index (χ1n) is 11.8. The quantitative estimate of drug-likeness (QED) is 0.196. The Hall–Kier alpha value is -4.49. The number of rotatable bonds is 7. The Morgan fingerprint density at radius 2 is 1.54 bits per heavy atom. The van der Waals surface area contributed by atoms with E-state index < -0.39 is 5.97 Å². The largest absolute Gasteiger partial charge is 0.497 e. The van der Waals surface area contributed by atoms with Crippen molar-refractivity contribution >= 4 is 39.0 Å². The third-order valence-corrected chi connectivity index (χ3v) is 7.12. The lowest BCUT2D eigenvalue weighted by atomic mass is 9.92. The number of anilines is 1. The number of aromatic nitrogens is 1. The molecule has 0 bridgehead atoms. The number of methoxy groups -OCH3 is 1. The van der Waals surface area contributed by atoms with Gasteiger partial charge in [-0.1, -0.05) is 72.8 Å². The summed E-state index contributed by atoms with van der Waals surface area (Å²) in [5.41, 5.74) is 10.3. The van der Waals surface area contributed by atoms with Crippen molar-refractivity contribution in [2.24, 2.45) is 0 Å². The van der Waals surface area contributed by atoms with Crippen LogP contribution in [0.3, 0.4) is 0 Å². The van der Waals surface area contributed by atoms with Crippen molar-refractivity contribution in [1.29, 1.82) is 0 Å². The monoisotopic (exact) mass is 508 g/mol. The summed E-state index contributed by atoms with van der Waals surface area (Å²) in [7, 11) is 1.59. The average Bonchev–Trinajstić information content (AvgIpc) is 3.28. The number of hydrogen-bond donors (Lipinski definition) is 1. The van der Waals surface area contributed by atoms with Crippen LogP contribution in [0.1, 0.15) is 32.5 Å². The molecule has 3 aromatic carbocycles. The summed E-state index contributed by atoms with van der Waals surface area (Å²) in [6, 6.07) is 25.8. The standard InChI is InChI=1S/C30H24N2O4S/c1-3-36-30(34)24-22(18-14-16-21(35-2)17-15-18)23-25(31)28(27(33)20-12-8-5-9-13-20)37-29(23)32-26(24)19-10-6-4-7-11-19/h4-17H,3,31H2,1-2H3. The zero-order valence-electron chi connectivity index (χ0n) is 20.4. The first-order valence-corrected chi connectivity index (χ1v) is 12.6. The van der Waals surface area contributed by atoms with Crippen LogP contribution in [0.25, 0.3) is 32.6 Å². The molecule has 184 valence electrons. The lowest BCUT2D eigenvalue weighted by molar-refractivity contribution is 0.0528. The highest BCUT2D eigenvalue weighted by Gasteiger charge is 2.29. The molecule has 0 fully saturated rings. The van der Waals surface area contributed by atoms with Gasteiger partial charge < -0.3 is 15.2 Å². The van der Waals surface area contributed by atoms with Gasteiger partial charge in [0.05, 0.1) is 30.7 Å². The van der Waals surface area contributed by atoms with Gasteiger partial charge in [0.2, 0.25) is 5.78 Å². The summed E-state index contributed by atoms with van der Waals surface area (Å²) < 4.78 is 10.8. The molecule has 0 radical (unpaired) electrons. The van der Waals surface area contributed by atoms with E-state index in [1.54, 1.807) is 26.2 Å². The number of pyridine rings is 1. The molecule has 0 aliphatic rings. The van der Waals surface area contributed by atoms with E-state index in [9.17, 15) is 9.59 Å². The molecule has 7 heteroatoms. The van der Waals surface area contributed by atoms with E-state index in [4.69, 9.17) is 20.2 Å². The molecule has 0 atom stereocenters. The molecule has 5 aromatic rings. The van der Waals surface area contributed by atoms with Crippen LogP contribution < -0.4 is 10.5 Å². The van der Waals surface area contributed by atoms with Crippen LogP contribution in [0, 0.1) is 0 Å². The van der Waals surface area contributed by atoms with Crippen molar-refractivity contribution in [2.75, 3.05) is 19.5 Å². The number of ketones is 1. The molecule has 0 saturated heterocycles. The number of nitrogens with two attached hydrogens (primary N) is 1. The number of carbonyl (C=O) groups excluding carboxylic acids is 2. The Bertz CT molecular complexity index is 1590. The molecule has 37 heavy (non-hydrogen) atoms. The number of fused-ring (bicyclic) bond motifs is 1. The van der Waals surface area contributed by atoms with E-state index in [1.165, 1.54) is 11.3 Å². The molecule has 0 aliphatic heterocycles. The Kier molecular flexibility index (Phi) is 6.70. The van der Waals surface area contributed by atoms with Gasteiger partial charge >= 0.3 is 5.97 Å². The van der Waals surface area contributed by atoms with Crippen LogP contribution in [-0.4, -0.2) is 30.5 Å². The highest BCUT2D eigenvalue weighted by molar-refractivity contribution is 7.21. The molecule has 0 saturated carbocycles. The predicted octanol–water partition coefficient (Wildman–Crippen LogP) is 6.63. The maximum atomic E-state index is 13.5. The number of hydrogen-bond acceptors (Lipinski definition) is 7. The van der Waals surface area contributed by atoms with Crippen molar-refractivity contribution in [3.05, 3.63) is 101 Å². The van der Waals surface area contributed by atoms with E-state index >= 15 is 0 Å². The highest BCUT2D eigenvalue weighted by atomic mass is 32.1. The van der Waals surface area contributed by atoms with Gasteiger partial charge in [0.25, 0.3) is 0 Å². The fraction of sp³-hybridized carbons (Fsp3) is 0.100. The minimum atomic E-state index is -0.511. The van der Waals surface area contributed by atoms with Crippen molar-refractivity contribution in [2.45, 2.75) is 6.92 Å². The molecular formula is C30H24N2O4S. The molecule has 0 unspecified atom stereocenters.